The Morgan fingerprint density at radius 2 is 1.94 bits per heavy atom. The molecule has 0 fully saturated rings. The minimum atomic E-state index is 0.159. The van der Waals surface area contributed by atoms with Gasteiger partial charge < -0.3 is 5.11 Å². The monoisotopic (exact) mass is 230 g/mol. The average Bonchev–Trinajstić information content (AvgIpc) is 2.56. The molecule has 1 N–H and O–H groups in total. The zero-order valence-corrected chi connectivity index (χ0v) is 10.7. The Kier molecular flexibility index (Phi) is 2.92. The summed E-state index contributed by atoms with van der Waals surface area (Å²) in [6.07, 6.45) is 0. The van der Waals surface area contributed by atoms with Gasteiger partial charge >= 0.3 is 0 Å². The summed E-state index contributed by atoms with van der Waals surface area (Å²) in [6, 6.07) is 8.33. The first kappa shape index (κ1) is 11.7. The number of nitrogens with zero attached hydrogens (tertiary/aromatic N) is 2. The Balaban J connectivity index is 2.57. The first-order valence-corrected chi connectivity index (χ1v) is 5.86. The van der Waals surface area contributed by atoms with E-state index in [2.05, 4.69) is 24.2 Å². The topological polar surface area (TPSA) is 38.0 Å². The molecule has 0 aliphatic carbocycles. The summed E-state index contributed by atoms with van der Waals surface area (Å²) >= 11 is 0. The molecule has 2 rings (SSSR count). The van der Waals surface area contributed by atoms with Crippen molar-refractivity contribution >= 4 is 0 Å². The standard InChI is InChI=1S/C14H18N2O/c1-9(2)16-14(17)11(4)13(15-16)12-7-5-6-10(3)8-12/h5-9,17H,1-4H3. The molecule has 1 heterocycles. The van der Waals surface area contributed by atoms with Gasteiger partial charge in [-0.2, -0.15) is 5.10 Å². The third kappa shape index (κ3) is 2.05. The number of rotatable bonds is 2. The summed E-state index contributed by atoms with van der Waals surface area (Å²) in [6.45, 7) is 7.97. The quantitative estimate of drug-likeness (QED) is 0.858. The van der Waals surface area contributed by atoms with E-state index in [4.69, 9.17) is 0 Å². The summed E-state index contributed by atoms with van der Waals surface area (Å²) in [4.78, 5) is 0. The van der Waals surface area contributed by atoms with E-state index in [1.165, 1.54) is 5.56 Å². The number of aryl methyl sites for hydroxylation is 1. The Bertz CT molecular complexity index is 541. The molecule has 0 saturated heterocycles. The molecule has 2 aromatic rings. The van der Waals surface area contributed by atoms with Gasteiger partial charge in [-0.3, -0.25) is 0 Å². The molecule has 17 heavy (non-hydrogen) atoms. The maximum absolute atomic E-state index is 10.0. The second-order valence-corrected chi connectivity index (χ2v) is 4.71. The van der Waals surface area contributed by atoms with Crippen LogP contribution in [0.3, 0.4) is 0 Å². The van der Waals surface area contributed by atoms with Crippen molar-refractivity contribution in [3.05, 3.63) is 35.4 Å². The van der Waals surface area contributed by atoms with Crippen LogP contribution in [0.5, 0.6) is 5.88 Å². The fourth-order valence-corrected chi connectivity index (χ4v) is 1.93. The van der Waals surface area contributed by atoms with Crippen LogP contribution in [0.15, 0.2) is 24.3 Å². The third-order valence-corrected chi connectivity index (χ3v) is 2.90. The van der Waals surface area contributed by atoms with Crippen molar-refractivity contribution in [2.75, 3.05) is 0 Å². The molecule has 0 radical (unpaired) electrons. The first-order valence-electron chi connectivity index (χ1n) is 5.86. The van der Waals surface area contributed by atoms with Gasteiger partial charge in [-0.25, -0.2) is 4.68 Å². The molecule has 0 aliphatic rings. The predicted molar refractivity (Wildman–Crippen MR) is 69.2 cm³/mol. The van der Waals surface area contributed by atoms with Crippen molar-refractivity contribution in [2.24, 2.45) is 0 Å². The highest BCUT2D eigenvalue weighted by atomic mass is 16.3. The number of aromatic nitrogens is 2. The van der Waals surface area contributed by atoms with Crippen molar-refractivity contribution in [1.82, 2.24) is 9.78 Å². The molecule has 0 aliphatic heterocycles. The van der Waals surface area contributed by atoms with Crippen LogP contribution in [-0.2, 0) is 0 Å². The largest absolute Gasteiger partial charge is 0.493 e. The van der Waals surface area contributed by atoms with Crippen LogP contribution in [0.2, 0.25) is 0 Å². The van der Waals surface area contributed by atoms with Gasteiger partial charge in [0.25, 0.3) is 0 Å². The molecular weight excluding hydrogens is 212 g/mol. The van der Waals surface area contributed by atoms with Crippen LogP contribution in [-0.4, -0.2) is 14.9 Å². The lowest BCUT2D eigenvalue weighted by Crippen LogP contribution is -2.01. The fourth-order valence-electron chi connectivity index (χ4n) is 1.93. The molecule has 0 amide bonds. The van der Waals surface area contributed by atoms with Crippen LogP contribution in [0.4, 0.5) is 0 Å². The first-order chi connectivity index (χ1) is 8.00. The van der Waals surface area contributed by atoms with Crippen LogP contribution in [0.1, 0.15) is 31.0 Å². The molecule has 1 aromatic heterocycles. The van der Waals surface area contributed by atoms with Gasteiger partial charge in [0.05, 0.1) is 11.7 Å². The van der Waals surface area contributed by atoms with Gasteiger partial charge in [0, 0.05) is 11.1 Å². The van der Waals surface area contributed by atoms with Gasteiger partial charge in [-0.1, -0.05) is 23.8 Å². The lowest BCUT2D eigenvalue weighted by atomic mass is 10.1. The zero-order valence-electron chi connectivity index (χ0n) is 10.7. The lowest BCUT2D eigenvalue weighted by molar-refractivity contribution is 0.375. The van der Waals surface area contributed by atoms with E-state index < -0.39 is 0 Å². The Morgan fingerprint density at radius 1 is 1.24 bits per heavy atom. The van der Waals surface area contributed by atoms with Gasteiger partial charge in [0.1, 0.15) is 0 Å². The molecule has 0 unspecified atom stereocenters. The minimum absolute atomic E-state index is 0.159. The lowest BCUT2D eigenvalue weighted by Gasteiger charge is -2.05. The van der Waals surface area contributed by atoms with Gasteiger partial charge in [-0.05, 0) is 33.8 Å². The van der Waals surface area contributed by atoms with Gasteiger partial charge in [-0.15, -0.1) is 0 Å². The highest BCUT2D eigenvalue weighted by Gasteiger charge is 2.16. The Labute approximate surface area is 102 Å². The molecule has 0 spiro atoms. The van der Waals surface area contributed by atoms with Crippen LogP contribution in [0.25, 0.3) is 11.3 Å². The number of aromatic hydroxyl groups is 1. The molecule has 0 atom stereocenters. The Morgan fingerprint density at radius 3 is 2.47 bits per heavy atom. The van der Waals surface area contributed by atoms with Crippen molar-refractivity contribution in [3.8, 4) is 17.1 Å². The molecular formula is C14H18N2O. The van der Waals surface area contributed by atoms with E-state index in [1.807, 2.05) is 32.9 Å². The highest BCUT2D eigenvalue weighted by Crippen LogP contribution is 2.30. The molecule has 3 heteroatoms. The fraction of sp³-hybridized carbons (Fsp3) is 0.357. The number of hydrogen-bond acceptors (Lipinski definition) is 2. The number of hydrogen-bond donors (Lipinski definition) is 1. The van der Waals surface area contributed by atoms with E-state index in [9.17, 15) is 5.11 Å². The molecule has 0 bridgehead atoms. The average molecular weight is 230 g/mol. The van der Waals surface area contributed by atoms with Crippen molar-refractivity contribution in [3.63, 3.8) is 0 Å². The van der Waals surface area contributed by atoms with E-state index in [1.54, 1.807) is 4.68 Å². The second kappa shape index (κ2) is 4.24. The summed E-state index contributed by atoms with van der Waals surface area (Å²) in [5.41, 5.74) is 3.95. The van der Waals surface area contributed by atoms with Gasteiger partial charge in [0.15, 0.2) is 0 Å². The van der Waals surface area contributed by atoms with E-state index >= 15 is 0 Å². The smallest absolute Gasteiger partial charge is 0.213 e. The molecule has 1 aromatic carbocycles. The SMILES string of the molecule is Cc1cccc(-c2nn(C(C)C)c(O)c2C)c1. The highest BCUT2D eigenvalue weighted by molar-refractivity contribution is 5.65. The normalized spacial score (nSPS) is 11.1. The Hall–Kier alpha value is -1.77. The maximum atomic E-state index is 10.0. The van der Waals surface area contributed by atoms with E-state index in [-0.39, 0.29) is 11.9 Å². The summed E-state index contributed by atoms with van der Waals surface area (Å²) in [5.74, 6) is 0.261. The molecule has 90 valence electrons. The van der Waals surface area contributed by atoms with Crippen molar-refractivity contribution < 1.29 is 5.11 Å². The maximum Gasteiger partial charge on any atom is 0.213 e. The van der Waals surface area contributed by atoms with E-state index in [0.717, 1.165) is 16.8 Å². The van der Waals surface area contributed by atoms with Crippen LogP contribution < -0.4 is 0 Å². The van der Waals surface area contributed by atoms with Crippen molar-refractivity contribution in [2.45, 2.75) is 33.7 Å². The molecule has 3 nitrogen and oxygen atoms in total. The summed E-state index contributed by atoms with van der Waals surface area (Å²) < 4.78 is 1.66. The zero-order chi connectivity index (χ0) is 12.6. The minimum Gasteiger partial charge on any atom is -0.493 e. The summed E-state index contributed by atoms with van der Waals surface area (Å²) in [5, 5.41) is 14.5. The van der Waals surface area contributed by atoms with E-state index in [0.29, 0.717) is 0 Å². The van der Waals surface area contributed by atoms with Crippen molar-refractivity contribution in [1.29, 1.82) is 0 Å². The second-order valence-electron chi connectivity index (χ2n) is 4.71. The van der Waals surface area contributed by atoms with Crippen LogP contribution in [0, 0.1) is 13.8 Å². The molecule has 0 saturated carbocycles. The van der Waals surface area contributed by atoms with Gasteiger partial charge in [0.2, 0.25) is 5.88 Å². The predicted octanol–water partition coefficient (Wildman–Crippen LogP) is 3.45. The van der Waals surface area contributed by atoms with Crippen LogP contribution >= 0.6 is 0 Å². The number of benzene rings is 1. The summed E-state index contributed by atoms with van der Waals surface area (Å²) in [7, 11) is 0. The third-order valence-electron chi connectivity index (χ3n) is 2.90.